The largest absolute Gasteiger partial charge is 0.384 e. The van der Waals surface area contributed by atoms with E-state index in [1.165, 1.54) is 19.3 Å². The number of nitrogens with one attached hydrogen (secondary N) is 1. The predicted octanol–water partition coefficient (Wildman–Crippen LogP) is 1.41. The van der Waals surface area contributed by atoms with Crippen LogP contribution in [0, 0.1) is 5.41 Å². The molecular formula is C9H19NO. The Labute approximate surface area is 69.3 Å². The van der Waals surface area contributed by atoms with Crippen LogP contribution in [0.2, 0.25) is 0 Å². The summed E-state index contributed by atoms with van der Waals surface area (Å²) in [7, 11) is 3.83. The molecule has 1 fully saturated rings. The summed E-state index contributed by atoms with van der Waals surface area (Å²) in [5.41, 5.74) is 0.433. The van der Waals surface area contributed by atoms with Gasteiger partial charge in [-0.2, -0.15) is 0 Å². The van der Waals surface area contributed by atoms with E-state index >= 15 is 0 Å². The van der Waals surface area contributed by atoms with Crippen molar-refractivity contribution in [2.45, 2.75) is 32.2 Å². The van der Waals surface area contributed by atoms with Gasteiger partial charge in [-0.3, -0.25) is 0 Å². The van der Waals surface area contributed by atoms with Crippen LogP contribution in [0.4, 0.5) is 0 Å². The molecule has 0 spiro atoms. The lowest BCUT2D eigenvalue weighted by Gasteiger charge is -2.22. The third-order valence-electron chi connectivity index (χ3n) is 2.74. The third-order valence-corrected chi connectivity index (χ3v) is 2.74. The molecule has 0 heterocycles. The number of hydrogen-bond acceptors (Lipinski definition) is 2. The zero-order valence-electron chi connectivity index (χ0n) is 7.81. The SMILES string of the molecule is CNC1CCC(C)(COC)C1. The highest BCUT2D eigenvalue weighted by Gasteiger charge is 2.33. The van der Waals surface area contributed by atoms with Crippen molar-refractivity contribution in [2.75, 3.05) is 20.8 Å². The van der Waals surface area contributed by atoms with E-state index in [0.717, 1.165) is 12.6 Å². The Balaban J connectivity index is 2.37. The van der Waals surface area contributed by atoms with Gasteiger partial charge in [0.05, 0.1) is 6.61 Å². The van der Waals surface area contributed by atoms with Gasteiger partial charge in [0.15, 0.2) is 0 Å². The molecule has 0 aromatic heterocycles. The van der Waals surface area contributed by atoms with Crippen LogP contribution in [-0.2, 0) is 4.74 Å². The minimum Gasteiger partial charge on any atom is -0.384 e. The maximum absolute atomic E-state index is 5.19. The Morgan fingerprint density at radius 3 is 2.82 bits per heavy atom. The van der Waals surface area contributed by atoms with E-state index in [9.17, 15) is 0 Å². The fourth-order valence-corrected chi connectivity index (χ4v) is 2.05. The van der Waals surface area contributed by atoms with Gasteiger partial charge in [0.2, 0.25) is 0 Å². The Hall–Kier alpha value is -0.0800. The molecular weight excluding hydrogens is 138 g/mol. The third kappa shape index (κ3) is 2.17. The van der Waals surface area contributed by atoms with Crippen LogP contribution >= 0.6 is 0 Å². The van der Waals surface area contributed by atoms with Crippen LogP contribution in [-0.4, -0.2) is 26.8 Å². The summed E-state index contributed by atoms with van der Waals surface area (Å²) < 4.78 is 5.19. The van der Waals surface area contributed by atoms with E-state index in [0.29, 0.717) is 5.41 Å². The smallest absolute Gasteiger partial charge is 0.0516 e. The van der Waals surface area contributed by atoms with Crippen molar-refractivity contribution in [2.24, 2.45) is 5.41 Å². The van der Waals surface area contributed by atoms with Gasteiger partial charge < -0.3 is 10.1 Å². The lowest BCUT2D eigenvalue weighted by atomic mass is 9.90. The first-order valence-electron chi connectivity index (χ1n) is 4.36. The second-order valence-electron chi connectivity index (χ2n) is 3.97. The van der Waals surface area contributed by atoms with Crippen molar-refractivity contribution in [1.82, 2.24) is 5.32 Å². The molecule has 1 saturated carbocycles. The Bertz CT molecular complexity index is 127. The number of rotatable bonds is 3. The van der Waals surface area contributed by atoms with Gasteiger partial charge in [0.25, 0.3) is 0 Å². The van der Waals surface area contributed by atoms with E-state index in [-0.39, 0.29) is 0 Å². The molecule has 1 N–H and O–H groups in total. The van der Waals surface area contributed by atoms with Gasteiger partial charge in [-0.25, -0.2) is 0 Å². The first-order chi connectivity index (χ1) is 5.20. The molecule has 0 saturated heterocycles. The van der Waals surface area contributed by atoms with Crippen molar-refractivity contribution in [1.29, 1.82) is 0 Å². The molecule has 0 aromatic rings. The second-order valence-corrected chi connectivity index (χ2v) is 3.97. The summed E-state index contributed by atoms with van der Waals surface area (Å²) in [6, 6.07) is 0.718. The van der Waals surface area contributed by atoms with Gasteiger partial charge in [0, 0.05) is 13.2 Å². The lowest BCUT2D eigenvalue weighted by Crippen LogP contribution is -2.25. The average molecular weight is 157 g/mol. The highest BCUT2D eigenvalue weighted by Crippen LogP contribution is 2.37. The molecule has 2 atom stereocenters. The fourth-order valence-electron chi connectivity index (χ4n) is 2.05. The maximum atomic E-state index is 5.19. The number of ether oxygens (including phenoxy) is 1. The molecule has 1 aliphatic rings. The van der Waals surface area contributed by atoms with Gasteiger partial charge in [-0.05, 0) is 31.7 Å². The predicted molar refractivity (Wildman–Crippen MR) is 46.7 cm³/mol. The highest BCUT2D eigenvalue weighted by atomic mass is 16.5. The van der Waals surface area contributed by atoms with E-state index in [4.69, 9.17) is 4.74 Å². The van der Waals surface area contributed by atoms with Crippen molar-refractivity contribution >= 4 is 0 Å². The summed E-state index contributed by atoms with van der Waals surface area (Å²) in [4.78, 5) is 0. The van der Waals surface area contributed by atoms with Crippen molar-refractivity contribution < 1.29 is 4.74 Å². The standard InChI is InChI=1S/C9H19NO/c1-9(7-11-3)5-4-8(6-9)10-2/h8,10H,4-7H2,1-3H3. The van der Waals surface area contributed by atoms with Crippen LogP contribution in [0.5, 0.6) is 0 Å². The van der Waals surface area contributed by atoms with Crippen molar-refractivity contribution in [3.05, 3.63) is 0 Å². The molecule has 0 amide bonds. The van der Waals surface area contributed by atoms with E-state index < -0.39 is 0 Å². The van der Waals surface area contributed by atoms with E-state index in [1.807, 2.05) is 7.05 Å². The molecule has 2 unspecified atom stereocenters. The minimum atomic E-state index is 0.433. The van der Waals surface area contributed by atoms with Crippen molar-refractivity contribution in [3.63, 3.8) is 0 Å². The van der Waals surface area contributed by atoms with Gasteiger partial charge in [0.1, 0.15) is 0 Å². The summed E-state index contributed by atoms with van der Waals surface area (Å²) in [5.74, 6) is 0. The van der Waals surface area contributed by atoms with Crippen LogP contribution in [0.3, 0.4) is 0 Å². The minimum absolute atomic E-state index is 0.433. The highest BCUT2D eigenvalue weighted by molar-refractivity contribution is 4.88. The van der Waals surface area contributed by atoms with E-state index in [1.54, 1.807) is 7.11 Å². The first kappa shape index (κ1) is 9.01. The average Bonchev–Trinajstić information content (AvgIpc) is 2.33. The topological polar surface area (TPSA) is 21.3 Å². The summed E-state index contributed by atoms with van der Waals surface area (Å²) in [6.45, 7) is 3.22. The summed E-state index contributed by atoms with van der Waals surface area (Å²) in [6.07, 6.45) is 3.86. The van der Waals surface area contributed by atoms with Gasteiger partial charge in [-0.1, -0.05) is 6.92 Å². The molecule has 0 bridgehead atoms. The van der Waals surface area contributed by atoms with Crippen LogP contribution < -0.4 is 5.32 Å². The fraction of sp³-hybridized carbons (Fsp3) is 1.00. The van der Waals surface area contributed by atoms with E-state index in [2.05, 4.69) is 12.2 Å². The van der Waals surface area contributed by atoms with Crippen LogP contribution in [0.1, 0.15) is 26.2 Å². The quantitative estimate of drug-likeness (QED) is 0.669. The zero-order valence-corrected chi connectivity index (χ0v) is 7.81. The summed E-state index contributed by atoms with van der Waals surface area (Å²) >= 11 is 0. The summed E-state index contributed by atoms with van der Waals surface area (Å²) in [5, 5.41) is 3.32. The van der Waals surface area contributed by atoms with Gasteiger partial charge >= 0.3 is 0 Å². The normalized spacial score (nSPS) is 37.9. The molecule has 11 heavy (non-hydrogen) atoms. The Morgan fingerprint density at radius 1 is 1.64 bits per heavy atom. The molecule has 1 aliphatic carbocycles. The van der Waals surface area contributed by atoms with Gasteiger partial charge in [-0.15, -0.1) is 0 Å². The lowest BCUT2D eigenvalue weighted by molar-refractivity contribution is 0.0950. The molecule has 0 aliphatic heterocycles. The molecule has 0 aromatic carbocycles. The van der Waals surface area contributed by atoms with Crippen LogP contribution in [0.25, 0.3) is 0 Å². The second kappa shape index (κ2) is 3.55. The molecule has 2 heteroatoms. The Kier molecular flexibility index (Phi) is 2.90. The van der Waals surface area contributed by atoms with Crippen LogP contribution in [0.15, 0.2) is 0 Å². The number of hydrogen-bond donors (Lipinski definition) is 1. The maximum Gasteiger partial charge on any atom is 0.0516 e. The van der Waals surface area contributed by atoms with Crippen molar-refractivity contribution in [3.8, 4) is 0 Å². The monoisotopic (exact) mass is 157 g/mol. The zero-order chi connectivity index (χ0) is 8.32. The first-order valence-corrected chi connectivity index (χ1v) is 4.36. The molecule has 2 nitrogen and oxygen atoms in total. The number of methoxy groups -OCH3 is 1. The molecule has 1 rings (SSSR count). The molecule has 0 radical (unpaired) electrons. The molecule has 66 valence electrons. The Morgan fingerprint density at radius 2 is 2.36 bits per heavy atom.